The Labute approximate surface area is 140 Å². The lowest BCUT2D eigenvalue weighted by molar-refractivity contribution is 0.870. The van der Waals surface area contributed by atoms with E-state index in [1.54, 1.807) is 18.5 Å². The molecule has 2 aromatic rings. The number of nitrogens with zero attached hydrogens (tertiary/aromatic N) is 3. The predicted octanol–water partition coefficient (Wildman–Crippen LogP) is 3.53. The zero-order chi connectivity index (χ0) is 15.8. The van der Waals surface area contributed by atoms with E-state index in [2.05, 4.69) is 16.4 Å². The average Bonchev–Trinajstić information content (AvgIpc) is 2.55. The first-order chi connectivity index (χ1) is 10.7. The molecule has 0 saturated heterocycles. The number of pyridine rings is 1. The molecular weight excluding hydrogens is 316 g/mol. The molecule has 0 radical (unpaired) electrons. The third kappa shape index (κ3) is 4.42. The Hall–Kier alpha value is -2.16. The smallest absolute Gasteiger partial charge is 0.173 e. The van der Waals surface area contributed by atoms with Crippen LogP contribution in [0, 0.1) is 11.3 Å². The summed E-state index contributed by atoms with van der Waals surface area (Å²) in [5.74, 6) is 0. The van der Waals surface area contributed by atoms with Crippen molar-refractivity contribution in [2.24, 2.45) is 0 Å². The minimum Gasteiger partial charge on any atom is -0.358 e. The summed E-state index contributed by atoms with van der Waals surface area (Å²) in [7, 11) is 0. The van der Waals surface area contributed by atoms with Gasteiger partial charge in [-0.15, -0.1) is 0 Å². The quantitative estimate of drug-likeness (QED) is 0.850. The molecule has 112 valence electrons. The standard InChI is InChI=1S/C16H15ClN4S/c17-14-6-1-2-7-15(14)21(10-4-8-18)16(22)20-12-13-5-3-9-19-11-13/h1-3,5-7,9,11H,4,10,12H2,(H,20,22). The summed E-state index contributed by atoms with van der Waals surface area (Å²) in [6.07, 6.45) is 3.87. The van der Waals surface area contributed by atoms with E-state index in [0.29, 0.717) is 29.6 Å². The van der Waals surface area contributed by atoms with Crippen molar-refractivity contribution in [3.63, 3.8) is 0 Å². The van der Waals surface area contributed by atoms with Crippen LogP contribution in [0.4, 0.5) is 5.69 Å². The van der Waals surface area contributed by atoms with Crippen molar-refractivity contribution in [3.05, 3.63) is 59.4 Å². The van der Waals surface area contributed by atoms with Crippen molar-refractivity contribution in [1.29, 1.82) is 5.26 Å². The molecule has 6 heteroatoms. The molecule has 4 nitrogen and oxygen atoms in total. The Morgan fingerprint density at radius 1 is 1.32 bits per heavy atom. The second-order valence-electron chi connectivity index (χ2n) is 4.53. The zero-order valence-electron chi connectivity index (χ0n) is 11.9. The normalized spacial score (nSPS) is 9.82. The van der Waals surface area contributed by atoms with Crippen molar-refractivity contribution in [2.45, 2.75) is 13.0 Å². The third-order valence-corrected chi connectivity index (χ3v) is 3.69. The zero-order valence-corrected chi connectivity index (χ0v) is 13.4. The average molecular weight is 331 g/mol. The lowest BCUT2D eigenvalue weighted by atomic mass is 10.2. The largest absolute Gasteiger partial charge is 0.358 e. The number of rotatable bonds is 5. The van der Waals surface area contributed by atoms with Crippen LogP contribution in [0.1, 0.15) is 12.0 Å². The number of hydrogen-bond donors (Lipinski definition) is 1. The van der Waals surface area contributed by atoms with Crippen molar-refractivity contribution in [2.75, 3.05) is 11.4 Å². The lowest BCUT2D eigenvalue weighted by Crippen LogP contribution is -2.40. The minimum atomic E-state index is 0.361. The minimum absolute atomic E-state index is 0.361. The van der Waals surface area contributed by atoms with E-state index in [-0.39, 0.29) is 0 Å². The highest BCUT2D eigenvalue weighted by Crippen LogP contribution is 2.25. The van der Waals surface area contributed by atoms with Crippen LogP contribution in [0.5, 0.6) is 0 Å². The van der Waals surface area contributed by atoms with Crippen molar-refractivity contribution < 1.29 is 0 Å². The summed E-state index contributed by atoms with van der Waals surface area (Å²) < 4.78 is 0. The third-order valence-electron chi connectivity index (χ3n) is 3.00. The summed E-state index contributed by atoms with van der Waals surface area (Å²) in [4.78, 5) is 5.91. The molecule has 0 amide bonds. The Balaban J connectivity index is 2.10. The van der Waals surface area contributed by atoms with Gasteiger partial charge in [0, 0.05) is 25.5 Å². The number of benzene rings is 1. The molecule has 2 rings (SSSR count). The number of anilines is 1. The molecule has 0 fully saturated rings. The van der Waals surface area contributed by atoms with Crippen molar-refractivity contribution >= 4 is 34.6 Å². The molecule has 0 aliphatic carbocycles. The Morgan fingerprint density at radius 3 is 2.82 bits per heavy atom. The van der Waals surface area contributed by atoms with Crippen molar-refractivity contribution in [3.8, 4) is 6.07 Å². The first-order valence-electron chi connectivity index (χ1n) is 6.78. The van der Waals surface area contributed by atoms with E-state index >= 15 is 0 Å². The number of aromatic nitrogens is 1. The van der Waals surface area contributed by atoms with Gasteiger partial charge in [0.25, 0.3) is 0 Å². The fourth-order valence-electron chi connectivity index (χ4n) is 1.94. The summed E-state index contributed by atoms with van der Waals surface area (Å²) in [5, 5.41) is 13.2. The molecule has 1 heterocycles. The molecule has 0 saturated carbocycles. The highest BCUT2D eigenvalue weighted by Gasteiger charge is 2.14. The number of nitrogens with one attached hydrogen (secondary N) is 1. The Morgan fingerprint density at radius 2 is 2.14 bits per heavy atom. The first-order valence-corrected chi connectivity index (χ1v) is 7.56. The highest BCUT2D eigenvalue weighted by molar-refractivity contribution is 7.80. The lowest BCUT2D eigenvalue weighted by Gasteiger charge is -2.26. The van der Waals surface area contributed by atoms with Gasteiger partial charge < -0.3 is 10.2 Å². The van der Waals surface area contributed by atoms with Gasteiger partial charge in [0.15, 0.2) is 5.11 Å². The van der Waals surface area contributed by atoms with Crippen LogP contribution in [-0.2, 0) is 6.54 Å². The van der Waals surface area contributed by atoms with Crippen LogP contribution in [0.3, 0.4) is 0 Å². The number of para-hydroxylation sites is 1. The topological polar surface area (TPSA) is 52.0 Å². The maximum atomic E-state index is 8.84. The van der Waals surface area contributed by atoms with Gasteiger partial charge in [0.1, 0.15) is 0 Å². The maximum Gasteiger partial charge on any atom is 0.173 e. The molecule has 1 aromatic carbocycles. The van der Waals surface area contributed by atoms with Crippen LogP contribution < -0.4 is 10.2 Å². The van der Waals surface area contributed by atoms with Gasteiger partial charge in [0.05, 0.1) is 23.2 Å². The van der Waals surface area contributed by atoms with Crippen LogP contribution >= 0.6 is 23.8 Å². The van der Waals surface area contributed by atoms with Crippen LogP contribution in [0.25, 0.3) is 0 Å². The summed E-state index contributed by atoms with van der Waals surface area (Å²) in [5.41, 5.74) is 1.83. The fourth-order valence-corrected chi connectivity index (χ4v) is 2.44. The van der Waals surface area contributed by atoms with Gasteiger partial charge in [-0.1, -0.05) is 29.8 Å². The fraction of sp³-hybridized carbons (Fsp3) is 0.188. The monoisotopic (exact) mass is 330 g/mol. The van der Waals surface area contributed by atoms with E-state index in [4.69, 9.17) is 29.1 Å². The molecular formula is C16H15ClN4S. The molecule has 0 spiro atoms. The number of nitriles is 1. The molecule has 0 aliphatic heterocycles. The van der Waals surface area contributed by atoms with Crippen LogP contribution in [0.15, 0.2) is 48.8 Å². The van der Waals surface area contributed by atoms with E-state index in [1.807, 2.05) is 35.2 Å². The molecule has 0 atom stereocenters. The van der Waals surface area contributed by atoms with E-state index < -0.39 is 0 Å². The van der Waals surface area contributed by atoms with Gasteiger partial charge in [-0.3, -0.25) is 4.98 Å². The van der Waals surface area contributed by atoms with Crippen LogP contribution in [0.2, 0.25) is 5.02 Å². The first kappa shape index (κ1) is 16.2. The Kier molecular flexibility index (Phi) is 6.13. The summed E-state index contributed by atoms with van der Waals surface area (Å²) in [6.45, 7) is 1.05. The molecule has 22 heavy (non-hydrogen) atoms. The van der Waals surface area contributed by atoms with Crippen LogP contribution in [-0.4, -0.2) is 16.6 Å². The van der Waals surface area contributed by atoms with Gasteiger partial charge in [-0.2, -0.15) is 5.26 Å². The van der Waals surface area contributed by atoms with Gasteiger partial charge in [-0.25, -0.2) is 0 Å². The van der Waals surface area contributed by atoms with Gasteiger partial charge >= 0.3 is 0 Å². The van der Waals surface area contributed by atoms with E-state index in [0.717, 1.165) is 11.3 Å². The molecule has 1 aromatic heterocycles. The second-order valence-corrected chi connectivity index (χ2v) is 5.33. The molecule has 1 N–H and O–H groups in total. The number of thiocarbonyl (C=S) groups is 1. The van der Waals surface area contributed by atoms with Gasteiger partial charge in [0.2, 0.25) is 0 Å². The van der Waals surface area contributed by atoms with E-state index in [9.17, 15) is 0 Å². The van der Waals surface area contributed by atoms with Gasteiger partial charge in [-0.05, 0) is 36.0 Å². The molecule has 0 unspecified atom stereocenters. The second kappa shape index (κ2) is 8.32. The highest BCUT2D eigenvalue weighted by atomic mass is 35.5. The predicted molar refractivity (Wildman–Crippen MR) is 92.7 cm³/mol. The molecule has 0 aliphatic rings. The molecule has 0 bridgehead atoms. The number of hydrogen-bond acceptors (Lipinski definition) is 3. The Bertz CT molecular complexity index is 669. The SMILES string of the molecule is N#CCCN(C(=S)NCc1cccnc1)c1ccccc1Cl. The summed E-state index contributed by atoms with van der Waals surface area (Å²) >= 11 is 11.7. The summed E-state index contributed by atoms with van der Waals surface area (Å²) in [6, 6.07) is 13.4. The maximum absolute atomic E-state index is 8.84. The number of halogens is 1. The van der Waals surface area contributed by atoms with Crippen molar-refractivity contribution in [1.82, 2.24) is 10.3 Å². The van der Waals surface area contributed by atoms with E-state index in [1.165, 1.54) is 0 Å².